The predicted octanol–water partition coefficient (Wildman–Crippen LogP) is 6.56. The number of fused-ring (bicyclic) bond motifs is 3. The fourth-order valence-electron chi connectivity index (χ4n) is 3.55. The van der Waals surface area contributed by atoms with E-state index in [0.717, 1.165) is 69.5 Å². The summed E-state index contributed by atoms with van der Waals surface area (Å²) in [6.07, 6.45) is 2.69. The van der Waals surface area contributed by atoms with Gasteiger partial charge < -0.3 is 15.0 Å². The van der Waals surface area contributed by atoms with Crippen LogP contribution in [0, 0.1) is 0 Å². The van der Waals surface area contributed by atoms with E-state index in [9.17, 15) is 0 Å². The van der Waals surface area contributed by atoms with Gasteiger partial charge in [0.25, 0.3) is 0 Å². The summed E-state index contributed by atoms with van der Waals surface area (Å²) in [6.45, 7) is 2.28. The van der Waals surface area contributed by atoms with E-state index in [-0.39, 0.29) is 0 Å². The molecule has 32 heavy (non-hydrogen) atoms. The number of nitrogens with two attached hydrogens (primary N) is 1. The third-order valence-corrected chi connectivity index (χ3v) is 9.39. The Hall–Kier alpha value is -1.07. The second kappa shape index (κ2) is 10.9. The molecule has 0 aliphatic heterocycles. The van der Waals surface area contributed by atoms with Crippen molar-refractivity contribution in [3.63, 3.8) is 0 Å². The fourth-order valence-corrected chi connectivity index (χ4v) is 6.94. The normalized spacial score (nSPS) is 11.8. The first kappa shape index (κ1) is 24.1. The number of nitrogens with zero attached hydrogens (tertiary/aromatic N) is 3. The number of imidazole rings is 1. The van der Waals surface area contributed by atoms with Crippen LogP contribution in [0.25, 0.3) is 21.9 Å². The molecule has 0 unspecified atom stereocenters. The lowest BCUT2D eigenvalue weighted by Crippen LogP contribution is -2.10. The van der Waals surface area contributed by atoms with Gasteiger partial charge in [-0.05, 0) is 46.8 Å². The largest absolute Gasteiger partial charge is 0.384 e. The molecule has 6 nitrogen and oxygen atoms in total. The van der Waals surface area contributed by atoms with E-state index in [1.54, 1.807) is 7.11 Å². The Morgan fingerprint density at radius 3 is 2.78 bits per heavy atom. The van der Waals surface area contributed by atoms with Crippen molar-refractivity contribution in [3.8, 4) is 0 Å². The number of nitrogens with one attached hydrogen (secondary N) is 1. The number of benzene rings is 1. The highest BCUT2D eigenvalue weighted by Gasteiger charge is 2.17. The van der Waals surface area contributed by atoms with Gasteiger partial charge in [0.05, 0.1) is 27.0 Å². The van der Waals surface area contributed by atoms with Gasteiger partial charge in [0.1, 0.15) is 20.0 Å². The topological polar surface area (TPSA) is 78.0 Å². The second-order valence-corrected chi connectivity index (χ2v) is 11.0. The average molecular weight is 575 g/mol. The Morgan fingerprint density at radius 1 is 1.22 bits per heavy atom. The molecule has 4 aromatic rings. The van der Waals surface area contributed by atoms with Crippen LogP contribution in [0.4, 0.5) is 5.82 Å². The van der Waals surface area contributed by atoms with E-state index in [2.05, 4.69) is 36.3 Å². The second-order valence-electron chi connectivity index (χ2n) is 7.13. The zero-order valence-corrected chi connectivity index (χ0v) is 22.1. The summed E-state index contributed by atoms with van der Waals surface area (Å²) < 4.78 is 13.1. The van der Waals surface area contributed by atoms with E-state index >= 15 is 0 Å². The lowest BCUT2D eigenvalue weighted by molar-refractivity contribution is 0.199. The number of thiophene rings is 1. The summed E-state index contributed by atoms with van der Waals surface area (Å²) in [7, 11) is 1.70. The molecule has 0 aliphatic rings. The minimum atomic E-state index is 0.464. The fraction of sp³-hybridized carbons (Fsp3) is 0.333. The van der Waals surface area contributed by atoms with Crippen LogP contribution >= 0.6 is 62.4 Å². The number of hydrogen-bond donors (Lipinski definition) is 2. The number of hydrogen-bond acceptors (Lipinski definition) is 7. The summed E-state index contributed by atoms with van der Waals surface area (Å²) in [5.74, 6) is 1.43. The summed E-state index contributed by atoms with van der Waals surface area (Å²) in [5, 5.41) is 1.07. The third-order valence-electron chi connectivity index (χ3n) is 5.03. The molecule has 3 N–H and O–H groups in total. The molecule has 0 atom stereocenters. The van der Waals surface area contributed by atoms with E-state index in [1.165, 1.54) is 23.3 Å². The molecular weight excluding hydrogens is 553 g/mol. The van der Waals surface area contributed by atoms with Crippen LogP contribution in [0.5, 0.6) is 0 Å². The first-order chi connectivity index (χ1) is 15.5. The summed E-state index contributed by atoms with van der Waals surface area (Å²) in [5.41, 5.74) is 8.94. The van der Waals surface area contributed by atoms with E-state index in [4.69, 9.17) is 38.7 Å². The average Bonchev–Trinajstić information content (AvgIpc) is 3.26. The maximum atomic E-state index is 6.25. The van der Waals surface area contributed by atoms with E-state index < -0.39 is 0 Å². The molecule has 0 saturated heterocycles. The Balaban J connectivity index is 1.47. The van der Waals surface area contributed by atoms with Crippen LogP contribution in [0.2, 0.25) is 8.67 Å². The number of halogens is 3. The minimum absolute atomic E-state index is 0.464. The van der Waals surface area contributed by atoms with Gasteiger partial charge in [0.2, 0.25) is 0 Å². The molecule has 0 aliphatic carbocycles. The number of pyridine rings is 1. The molecule has 0 saturated carbocycles. The molecular formula is C21H22BrCl2N5OS2. The lowest BCUT2D eigenvalue weighted by Gasteiger charge is -2.11. The smallest absolute Gasteiger partial charge is 0.152 e. The monoisotopic (exact) mass is 573 g/mol. The zero-order valence-electron chi connectivity index (χ0n) is 17.3. The van der Waals surface area contributed by atoms with Crippen molar-refractivity contribution in [2.75, 3.05) is 26.0 Å². The number of para-hydroxylation sites is 1. The van der Waals surface area contributed by atoms with Crippen LogP contribution in [-0.2, 0) is 17.7 Å². The van der Waals surface area contributed by atoms with Crippen molar-refractivity contribution in [1.82, 2.24) is 19.3 Å². The Morgan fingerprint density at radius 2 is 2.03 bits per heavy atom. The van der Waals surface area contributed by atoms with Crippen LogP contribution < -0.4 is 10.5 Å². The standard InChI is InChI=1S/C21H22BrCl2N5OS2/c1-30-11-8-14-28-16-17(12-6-2-3-7-13(12)27-21(16)25)29(14)10-5-4-9-26-32-18-15(22)19(23)31-20(18)24/h2-3,6-7,26H,4-5,8-11H2,1H3,(H2,25,27). The third kappa shape index (κ3) is 5.04. The van der Waals surface area contributed by atoms with Gasteiger partial charge in [-0.15, -0.1) is 11.3 Å². The molecule has 0 radical (unpaired) electrons. The SMILES string of the molecule is COCCc1nc2c(N)nc3ccccc3c2n1CCCCNSc1c(Cl)sc(Cl)c1Br. The summed E-state index contributed by atoms with van der Waals surface area (Å²) >= 11 is 18.7. The molecule has 11 heteroatoms. The van der Waals surface area contributed by atoms with Crippen molar-refractivity contribution >= 4 is 90.2 Å². The molecule has 1 aromatic carbocycles. The number of nitrogen functional groups attached to an aromatic ring is 1. The lowest BCUT2D eigenvalue weighted by atomic mass is 10.2. The molecule has 3 aromatic heterocycles. The number of aromatic nitrogens is 3. The van der Waals surface area contributed by atoms with Crippen molar-refractivity contribution in [3.05, 3.63) is 43.2 Å². The first-order valence-electron chi connectivity index (χ1n) is 10.1. The van der Waals surface area contributed by atoms with Crippen LogP contribution in [0.15, 0.2) is 33.6 Å². The highest BCUT2D eigenvalue weighted by Crippen LogP contribution is 2.44. The number of aryl methyl sites for hydroxylation is 1. The van der Waals surface area contributed by atoms with Crippen LogP contribution in [0.1, 0.15) is 18.7 Å². The highest BCUT2D eigenvalue weighted by molar-refractivity contribution is 9.10. The van der Waals surface area contributed by atoms with Gasteiger partial charge >= 0.3 is 0 Å². The van der Waals surface area contributed by atoms with Gasteiger partial charge in [0.15, 0.2) is 5.82 Å². The summed E-state index contributed by atoms with van der Waals surface area (Å²) in [4.78, 5) is 10.3. The van der Waals surface area contributed by atoms with Crippen LogP contribution in [-0.4, -0.2) is 34.8 Å². The van der Waals surface area contributed by atoms with Crippen molar-refractivity contribution in [1.29, 1.82) is 0 Å². The first-order valence-corrected chi connectivity index (χ1v) is 13.2. The van der Waals surface area contributed by atoms with Gasteiger partial charge in [-0.2, -0.15) is 0 Å². The van der Waals surface area contributed by atoms with Crippen molar-refractivity contribution in [2.24, 2.45) is 0 Å². The number of anilines is 1. The molecule has 170 valence electrons. The van der Waals surface area contributed by atoms with Gasteiger partial charge in [-0.3, -0.25) is 4.72 Å². The zero-order chi connectivity index (χ0) is 22.7. The van der Waals surface area contributed by atoms with Gasteiger partial charge in [-0.25, -0.2) is 9.97 Å². The van der Waals surface area contributed by atoms with E-state index in [0.29, 0.717) is 21.1 Å². The molecule has 0 fully saturated rings. The summed E-state index contributed by atoms with van der Waals surface area (Å²) in [6, 6.07) is 8.06. The molecule has 3 heterocycles. The molecule has 0 amide bonds. The number of methoxy groups -OCH3 is 1. The number of unbranched alkanes of at least 4 members (excludes halogenated alkanes) is 1. The number of ether oxygens (including phenoxy) is 1. The maximum Gasteiger partial charge on any atom is 0.152 e. The van der Waals surface area contributed by atoms with Crippen LogP contribution in [0.3, 0.4) is 0 Å². The maximum absolute atomic E-state index is 6.25. The van der Waals surface area contributed by atoms with Crippen molar-refractivity contribution in [2.45, 2.75) is 30.7 Å². The van der Waals surface area contributed by atoms with E-state index in [1.807, 2.05) is 18.2 Å². The van der Waals surface area contributed by atoms with Gasteiger partial charge in [0, 0.05) is 32.0 Å². The Kier molecular flexibility index (Phi) is 8.20. The molecule has 0 spiro atoms. The van der Waals surface area contributed by atoms with Gasteiger partial charge in [-0.1, -0.05) is 41.4 Å². The highest BCUT2D eigenvalue weighted by atomic mass is 79.9. The minimum Gasteiger partial charge on any atom is -0.384 e. The Labute approximate surface area is 213 Å². The molecule has 0 bridgehead atoms. The number of rotatable bonds is 10. The van der Waals surface area contributed by atoms with Crippen molar-refractivity contribution < 1.29 is 4.74 Å². The molecule has 4 rings (SSSR count). The Bertz CT molecular complexity index is 1250. The quantitative estimate of drug-likeness (QED) is 0.165. The predicted molar refractivity (Wildman–Crippen MR) is 140 cm³/mol.